The van der Waals surface area contributed by atoms with Crippen molar-refractivity contribution in [2.45, 2.75) is 99.5 Å². The Kier molecular flexibility index (Phi) is 28.8. The average Bonchev–Trinajstić information content (AvgIpc) is 1.67. The van der Waals surface area contributed by atoms with E-state index in [1.165, 1.54) is 52.8 Å². The molecule has 7 N–H and O–H groups in total. The highest BCUT2D eigenvalue weighted by Gasteiger charge is 2.29. The number of aliphatic carboxylic acids is 2. The van der Waals surface area contributed by atoms with Crippen LogP contribution >= 0.6 is 103 Å². The Balaban J connectivity index is 0.000000172. The van der Waals surface area contributed by atoms with Crippen LogP contribution in [0.2, 0.25) is 17.3 Å². The van der Waals surface area contributed by atoms with Crippen LogP contribution in [0.15, 0.2) is 170 Å². The molecule has 0 atom stereocenters. The molecule has 0 unspecified atom stereocenters. The molecule has 0 spiro atoms. The van der Waals surface area contributed by atoms with Gasteiger partial charge in [-0.3, -0.25) is 48.6 Å². The minimum absolute atomic E-state index is 0.0571. The highest BCUT2D eigenvalue weighted by Crippen LogP contribution is 2.30. The fourth-order valence-corrected chi connectivity index (χ4v) is 13.8. The quantitative estimate of drug-likeness (QED) is 0.0276. The number of carboxylic acid groups (broad SMARTS) is 2. The number of H-pyrrole nitrogens is 5. The molecule has 0 bridgehead atoms. The number of aromatic nitrogens is 12. The molecule has 0 saturated heterocycles. The van der Waals surface area contributed by atoms with Gasteiger partial charge in [0.05, 0.1) is 75.2 Å². The molecule has 23 nitrogen and oxygen atoms in total. The molecule has 0 aliphatic rings. The van der Waals surface area contributed by atoms with Crippen LogP contribution in [0.4, 0.5) is 5.82 Å². The van der Waals surface area contributed by atoms with Crippen LogP contribution in [-0.4, -0.2) is 106 Å². The molecule has 0 aromatic carbocycles. The predicted octanol–water partition coefficient (Wildman–Crippen LogP) is 16.0. The molecule has 0 aliphatic heterocycles. The second-order valence-electron chi connectivity index (χ2n) is 24.5. The van der Waals surface area contributed by atoms with Crippen molar-refractivity contribution in [3.63, 3.8) is 0 Å². The number of aromatic amines is 5. The summed E-state index contributed by atoms with van der Waals surface area (Å²) in [5, 5.41) is 39.7. The van der Waals surface area contributed by atoms with E-state index in [0.717, 1.165) is 54.0 Å². The number of alkyl halides is 1. The highest BCUT2D eigenvalue weighted by atomic mass is 35.5. The highest BCUT2D eigenvalue weighted by molar-refractivity contribution is 7.18. The van der Waals surface area contributed by atoms with Crippen LogP contribution in [0.3, 0.4) is 0 Å². The second-order valence-corrected chi connectivity index (χ2v) is 32.1. The Morgan fingerprint density at radius 1 is 0.515 bits per heavy atom. The van der Waals surface area contributed by atoms with E-state index in [1.54, 1.807) is 103 Å². The number of pyridine rings is 4. The number of nitrogens with one attached hydrogen (secondary N) is 5. The summed E-state index contributed by atoms with van der Waals surface area (Å²) in [6.45, 7) is 11.1. The van der Waals surface area contributed by atoms with E-state index >= 15 is 0 Å². The van der Waals surface area contributed by atoms with Crippen molar-refractivity contribution in [1.82, 2.24) is 59.5 Å². The average molecular weight is 1570 g/mol. The van der Waals surface area contributed by atoms with Gasteiger partial charge in [-0.15, -0.1) is 56.9 Å². The van der Waals surface area contributed by atoms with Gasteiger partial charge < -0.3 is 29.7 Å². The number of nitrogens with zero attached hydrogens (tertiary/aromatic N) is 8. The lowest BCUT2D eigenvalue weighted by Crippen LogP contribution is -2.29. The largest absolute Gasteiger partial charge is 0.481 e. The molecular weight excluding hydrogens is 1500 g/mol. The van der Waals surface area contributed by atoms with Crippen molar-refractivity contribution >= 4 is 139 Å². The van der Waals surface area contributed by atoms with Crippen LogP contribution in [-0.2, 0) is 54.7 Å². The number of hydrogen-bond acceptors (Lipinski definition) is 17. The SMILES string of the molecule is CC(C)(C)C(=O)n1nc(-c2ccc[nH]c2=O)cc1CCc1ccc(Cl)s1.CC(C)(C)C(=O)n1nc(-c2cccn(CCC(=O)O)c2=O)cc1CCc1ccc(Cl)s1.O=C(O)CCCl.O=c1[nH]cccc1-c1cc(CCc2ccc(Cl)s2)[nH]n1.O=c1[nH]cccc1-c1cc(N=Cc2ccc(Cl)s2)n[nH]1. The lowest BCUT2D eigenvalue weighted by Gasteiger charge is -2.17. The molecular formula is C71H70Cl5N13O10S4. The summed E-state index contributed by atoms with van der Waals surface area (Å²) in [5.74, 6) is -1.38. The minimum atomic E-state index is -0.978. The van der Waals surface area contributed by atoms with Gasteiger partial charge in [0.25, 0.3) is 34.1 Å². The zero-order valence-electron chi connectivity index (χ0n) is 56.3. The van der Waals surface area contributed by atoms with Crippen LogP contribution in [0.1, 0.15) is 101 Å². The zero-order valence-corrected chi connectivity index (χ0v) is 63.3. The number of aliphatic imine (C=N–C) groups is 1. The summed E-state index contributed by atoms with van der Waals surface area (Å²) >= 11 is 34.8. The van der Waals surface area contributed by atoms with E-state index in [9.17, 15) is 38.4 Å². The maximum absolute atomic E-state index is 13.0. The molecule has 0 amide bonds. The van der Waals surface area contributed by atoms with Gasteiger partial charge in [0.2, 0.25) is 0 Å². The maximum Gasteiger partial charge on any atom is 0.305 e. The van der Waals surface area contributed by atoms with Gasteiger partial charge in [-0.1, -0.05) is 87.9 Å². The number of carboxylic acids is 2. The minimum Gasteiger partial charge on any atom is -0.481 e. The van der Waals surface area contributed by atoms with Crippen molar-refractivity contribution in [2.75, 3.05) is 5.88 Å². The molecule has 0 aliphatic carbocycles. The van der Waals surface area contributed by atoms with E-state index in [4.69, 9.17) is 68.2 Å². The van der Waals surface area contributed by atoms with E-state index in [0.29, 0.717) is 84.5 Å². The van der Waals surface area contributed by atoms with Gasteiger partial charge in [-0.2, -0.15) is 20.4 Å². The Labute approximate surface area is 630 Å². The van der Waals surface area contributed by atoms with Crippen LogP contribution in [0.5, 0.6) is 0 Å². The number of aryl methyl sites for hydroxylation is 7. The molecule has 0 radical (unpaired) electrons. The first-order chi connectivity index (χ1) is 49.0. The second kappa shape index (κ2) is 37.3. The third kappa shape index (κ3) is 23.7. The molecule has 0 saturated carbocycles. The smallest absolute Gasteiger partial charge is 0.305 e. The number of carbonyl (C=O) groups excluding carboxylic acids is 2. The van der Waals surface area contributed by atoms with Crippen molar-refractivity contribution < 1.29 is 29.4 Å². The van der Waals surface area contributed by atoms with Crippen LogP contribution in [0, 0.1) is 10.8 Å². The lowest BCUT2D eigenvalue weighted by atomic mass is 9.95. The number of halogens is 5. The van der Waals surface area contributed by atoms with Crippen molar-refractivity contribution in [2.24, 2.45) is 15.8 Å². The standard InChI is InChI=1S/C22H24ClN3O4S.C19H20ClN3O2S.C14H12ClN3OS.C13H9ClN4OS.C3H5ClO2/c1-22(2,3)21(30)26-14(6-7-15-8-9-18(23)31-15)13-17(24-26)16-5-4-11-25(20(16)29)12-10-19(27)28;1-19(2,3)18(25)23-12(6-7-13-8-9-16(20)26-13)11-15(22-23)14-5-4-10-21-17(14)24;15-13-6-5-10(20-13)4-3-9-8-12(18-17-9)11-2-1-7-16-14(11)19;14-11-4-3-8(20-11)7-16-12-6-10(17-18-12)9-2-1-5-15-13(9)19;4-2-1-3(5)6/h4-5,8-9,11,13H,6-7,10,12H2,1-3H3,(H,27,28);4-5,8-11H,6-7H2,1-3H3,(H,21,24);1-2,5-8H,3-4H2,(H,16,19)(H,17,18);1-7H,(H,15,19)(H,17,18);1-2H2,(H,5,6). The Hall–Kier alpha value is -9.16. The fourth-order valence-electron chi connectivity index (χ4n) is 9.42. The van der Waals surface area contributed by atoms with Crippen LogP contribution < -0.4 is 22.2 Å². The zero-order chi connectivity index (χ0) is 74.5. The number of carbonyl (C=O) groups is 4. The fraction of sp³-hybridized carbons (Fsp3) is 0.254. The van der Waals surface area contributed by atoms with Crippen molar-refractivity contribution in [3.05, 3.63) is 241 Å². The van der Waals surface area contributed by atoms with Gasteiger partial charge in [0.15, 0.2) is 5.82 Å². The Bertz CT molecular complexity index is 5150. The van der Waals surface area contributed by atoms with Gasteiger partial charge in [-0.05, 0) is 154 Å². The molecule has 12 aromatic heterocycles. The van der Waals surface area contributed by atoms with Crippen molar-refractivity contribution in [3.8, 4) is 45.0 Å². The van der Waals surface area contributed by atoms with Gasteiger partial charge >= 0.3 is 11.9 Å². The molecule has 538 valence electrons. The normalized spacial score (nSPS) is 11.2. The molecule has 12 aromatic rings. The summed E-state index contributed by atoms with van der Waals surface area (Å²) < 4.78 is 7.15. The predicted molar refractivity (Wildman–Crippen MR) is 412 cm³/mol. The summed E-state index contributed by atoms with van der Waals surface area (Å²) in [7, 11) is 0. The summed E-state index contributed by atoms with van der Waals surface area (Å²) in [4.78, 5) is 111. The third-order valence-corrected chi connectivity index (χ3v) is 19.8. The first-order valence-corrected chi connectivity index (χ1v) is 37.0. The number of thiophene rings is 4. The van der Waals surface area contributed by atoms with Crippen molar-refractivity contribution in [1.29, 1.82) is 0 Å². The van der Waals surface area contributed by atoms with E-state index in [2.05, 4.69) is 50.5 Å². The summed E-state index contributed by atoms with van der Waals surface area (Å²) in [5.41, 5.74) is 4.50. The monoisotopic (exact) mass is 1570 g/mol. The number of hydrogen-bond donors (Lipinski definition) is 7. The van der Waals surface area contributed by atoms with Crippen LogP contribution in [0.25, 0.3) is 45.0 Å². The summed E-state index contributed by atoms with van der Waals surface area (Å²) in [6.07, 6.45) is 12.3. The van der Waals surface area contributed by atoms with E-state index in [1.807, 2.05) is 102 Å². The number of rotatable bonds is 20. The molecule has 12 heterocycles. The third-order valence-electron chi connectivity index (χ3n) is 14.6. The van der Waals surface area contributed by atoms with Gasteiger partial charge in [0, 0.05) is 96.9 Å². The topological polar surface area (TPSA) is 335 Å². The van der Waals surface area contributed by atoms with Gasteiger partial charge in [-0.25, -0.2) is 14.4 Å². The lowest BCUT2D eigenvalue weighted by molar-refractivity contribution is -0.138. The van der Waals surface area contributed by atoms with E-state index in [-0.39, 0.29) is 59.3 Å². The first-order valence-electron chi connectivity index (χ1n) is 31.7. The molecule has 0 fully saturated rings. The maximum atomic E-state index is 13.0. The first kappa shape index (κ1) is 79.5. The molecule has 12 rings (SSSR count). The van der Waals surface area contributed by atoms with E-state index < -0.39 is 22.8 Å². The Morgan fingerprint density at radius 2 is 0.971 bits per heavy atom. The molecule has 32 heteroatoms. The van der Waals surface area contributed by atoms with Gasteiger partial charge in [0.1, 0.15) is 0 Å². The Morgan fingerprint density at radius 3 is 1.41 bits per heavy atom. The molecule has 103 heavy (non-hydrogen) atoms. The summed E-state index contributed by atoms with van der Waals surface area (Å²) in [6, 6.07) is 36.3.